The van der Waals surface area contributed by atoms with Crippen molar-refractivity contribution in [2.45, 2.75) is 61.2 Å². The van der Waals surface area contributed by atoms with Crippen LogP contribution in [0.2, 0.25) is 0 Å². The minimum atomic E-state index is -0.0679. The molecule has 2 N–H and O–H groups in total. The van der Waals surface area contributed by atoms with Crippen LogP contribution in [-0.4, -0.2) is 33.3 Å². The molecule has 1 aliphatic rings. The van der Waals surface area contributed by atoms with Crippen LogP contribution in [0.5, 0.6) is 0 Å². The number of benzene rings is 4. The number of carbonyl (C=O) groups is 2. The molecule has 1 aliphatic heterocycles. The summed E-state index contributed by atoms with van der Waals surface area (Å²) in [6.07, 6.45) is 6.50. The number of fused-ring (bicyclic) bond motifs is 4. The maximum atomic E-state index is 13.0. The molecule has 0 saturated carbocycles. The second kappa shape index (κ2) is 14.1. The van der Waals surface area contributed by atoms with E-state index < -0.39 is 0 Å². The van der Waals surface area contributed by atoms with Crippen LogP contribution in [0.25, 0.3) is 43.6 Å². The SMILES string of the molecule is O=C1CCCCC(=O)Nc2cccc3c(c4ccccc4nc23)SCCCCCCSc2c3ccccc3nc3c(cccc23)N1. The molecule has 6 nitrogen and oxygen atoms in total. The molecule has 2 amide bonds. The minimum absolute atomic E-state index is 0.0679. The van der Waals surface area contributed by atoms with Gasteiger partial charge < -0.3 is 10.6 Å². The van der Waals surface area contributed by atoms with E-state index in [9.17, 15) is 9.59 Å². The zero-order chi connectivity index (χ0) is 31.3. The molecular formula is C38H36N4O2S2. The Balaban J connectivity index is 1.16. The van der Waals surface area contributed by atoms with Crippen LogP contribution < -0.4 is 10.6 Å². The largest absolute Gasteiger partial charge is 0.324 e. The normalized spacial score (nSPS) is 16.1. The highest BCUT2D eigenvalue weighted by Crippen LogP contribution is 2.39. The van der Waals surface area contributed by atoms with Gasteiger partial charge in [-0.15, -0.1) is 23.5 Å². The Morgan fingerprint density at radius 2 is 0.913 bits per heavy atom. The van der Waals surface area contributed by atoms with Crippen molar-refractivity contribution in [3.8, 4) is 0 Å². The van der Waals surface area contributed by atoms with Crippen LogP contribution in [-0.2, 0) is 9.59 Å². The van der Waals surface area contributed by atoms with Crippen molar-refractivity contribution in [3.05, 3.63) is 84.9 Å². The summed E-state index contributed by atoms with van der Waals surface area (Å²) in [5, 5.41) is 10.7. The topological polar surface area (TPSA) is 84.0 Å². The first-order chi connectivity index (χ1) is 22.7. The van der Waals surface area contributed by atoms with Crippen molar-refractivity contribution in [1.82, 2.24) is 9.97 Å². The molecule has 46 heavy (non-hydrogen) atoms. The first kappa shape index (κ1) is 30.5. The number of hydrogen-bond donors (Lipinski definition) is 2. The Bertz CT molecular complexity index is 1930. The van der Waals surface area contributed by atoms with Gasteiger partial charge in [-0.2, -0.15) is 0 Å². The maximum Gasteiger partial charge on any atom is 0.224 e. The van der Waals surface area contributed by atoms with Gasteiger partial charge in [-0.3, -0.25) is 9.59 Å². The Labute approximate surface area is 277 Å². The molecule has 4 aromatic carbocycles. The lowest BCUT2D eigenvalue weighted by molar-refractivity contribution is -0.118. The molecule has 232 valence electrons. The van der Waals surface area contributed by atoms with E-state index in [0.717, 1.165) is 79.3 Å². The standard InChI is InChI=1S/C38H36N4O2S2/c43-33-21-7-8-22-34(44)40-32-20-12-16-28-36(32)42-30-18-6-4-14-26(30)38(28)46-24-10-2-1-9-23-45-37-25-13-3-5-17-29(25)41-35-27(37)15-11-19-31(35)39-33/h3-6,11-20H,1-2,7-10,21-24H2,(H,39,43)(H,40,44). The fourth-order valence-corrected chi connectivity index (χ4v) is 8.57. The number of nitrogens with zero attached hydrogens (tertiary/aromatic N) is 2. The van der Waals surface area contributed by atoms with Crippen molar-refractivity contribution < 1.29 is 9.59 Å². The number of nitrogens with one attached hydrogen (secondary N) is 2. The third-order valence-electron chi connectivity index (χ3n) is 8.46. The van der Waals surface area contributed by atoms with Gasteiger partial charge in [0, 0.05) is 44.2 Å². The highest BCUT2D eigenvalue weighted by atomic mass is 32.2. The second-order valence-electron chi connectivity index (χ2n) is 11.7. The summed E-state index contributed by atoms with van der Waals surface area (Å²) in [6, 6.07) is 28.6. The zero-order valence-corrected chi connectivity index (χ0v) is 27.3. The van der Waals surface area contributed by atoms with Gasteiger partial charge >= 0.3 is 0 Å². The quantitative estimate of drug-likeness (QED) is 0.160. The molecule has 8 bridgehead atoms. The first-order valence-corrected chi connectivity index (χ1v) is 18.1. The Kier molecular flexibility index (Phi) is 9.35. The molecule has 2 aromatic heterocycles. The number of para-hydroxylation sites is 4. The summed E-state index contributed by atoms with van der Waals surface area (Å²) < 4.78 is 0. The molecular weight excluding hydrogens is 609 g/mol. The predicted molar refractivity (Wildman–Crippen MR) is 194 cm³/mol. The average molecular weight is 645 g/mol. The molecule has 0 unspecified atom stereocenters. The van der Waals surface area contributed by atoms with Crippen molar-refractivity contribution in [2.75, 3.05) is 22.1 Å². The number of rotatable bonds is 0. The van der Waals surface area contributed by atoms with E-state index in [1.807, 2.05) is 72.1 Å². The molecule has 7 rings (SSSR count). The first-order valence-electron chi connectivity index (χ1n) is 16.1. The van der Waals surface area contributed by atoms with Crippen LogP contribution >= 0.6 is 23.5 Å². The number of anilines is 2. The average Bonchev–Trinajstić information content (AvgIpc) is 3.07. The van der Waals surface area contributed by atoms with Gasteiger partial charge in [0.15, 0.2) is 0 Å². The highest BCUT2D eigenvalue weighted by molar-refractivity contribution is 8.00. The van der Waals surface area contributed by atoms with Crippen LogP contribution in [0.3, 0.4) is 0 Å². The van der Waals surface area contributed by atoms with Gasteiger partial charge in [-0.05, 0) is 61.5 Å². The molecule has 0 aliphatic carbocycles. The molecule has 3 heterocycles. The molecule has 0 saturated heterocycles. The molecule has 0 spiro atoms. The van der Waals surface area contributed by atoms with Gasteiger partial charge in [-0.25, -0.2) is 9.97 Å². The summed E-state index contributed by atoms with van der Waals surface area (Å²) in [5.74, 6) is 1.92. The summed E-state index contributed by atoms with van der Waals surface area (Å²) in [7, 11) is 0. The lowest BCUT2D eigenvalue weighted by Crippen LogP contribution is -2.14. The third-order valence-corrected chi connectivity index (χ3v) is 10.9. The fourth-order valence-electron chi connectivity index (χ4n) is 6.17. The smallest absolute Gasteiger partial charge is 0.224 e. The monoisotopic (exact) mass is 644 g/mol. The molecule has 0 atom stereocenters. The van der Waals surface area contributed by atoms with E-state index >= 15 is 0 Å². The van der Waals surface area contributed by atoms with Gasteiger partial charge in [0.2, 0.25) is 11.8 Å². The molecule has 8 heteroatoms. The molecule has 0 fully saturated rings. The number of amides is 2. The van der Waals surface area contributed by atoms with Gasteiger partial charge in [0.1, 0.15) is 0 Å². The summed E-state index contributed by atoms with van der Waals surface area (Å²) in [5.41, 5.74) is 4.98. The number of thioether (sulfide) groups is 2. The summed E-state index contributed by atoms with van der Waals surface area (Å²) in [4.78, 5) is 38.5. The zero-order valence-electron chi connectivity index (χ0n) is 25.7. The van der Waals surface area contributed by atoms with E-state index in [-0.39, 0.29) is 11.8 Å². The number of hydrogen-bond acceptors (Lipinski definition) is 6. The Hall–Kier alpha value is -4.14. The van der Waals surface area contributed by atoms with Crippen molar-refractivity contribution >= 4 is 90.3 Å². The molecule has 0 radical (unpaired) electrons. The van der Waals surface area contributed by atoms with E-state index in [0.29, 0.717) is 25.7 Å². The second-order valence-corrected chi connectivity index (χ2v) is 13.9. The van der Waals surface area contributed by atoms with Gasteiger partial charge in [-0.1, -0.05) is 73.5 Å². The van der Waals surface area contributed by atoms with Gasteiger partial charge in [0.25, 0.3) is 0 Å². The van der Waals surface area contributed by atoms with Crippen LogP contribution in [0.4, 0.5) is 11.4 Å². The van der Waals surface area contributed by atoms with E-state index in [4.69, 9.17) is 9.97 Å². The highest BCUT2D eigenvalue weighted by Gasteiger charge is 2.16. The third kappa shape index (κ3) is 6.55. The lowest BCUT2D eigenvalue weighted by atomic mass is 10.1. The lowest BCUT2D eigenvalue weighted by Gasteiger charge is -2.15. The van der Waals surface area contributed by atoms with Crippen molar-refractivity contribution in [3.63, 3.8) is 0 Å². The predicted octanol–water partition coefficient (Wildman–Crippen LogP) is 9.99. The van der Waals surface area contributed by atoms with Crippen molar-refractivity contribution in [1.29, 1.82) is 0 Å². The van der Waals surface area contributed by atoms with Crippen LogP contribution in [0.1, 0.15) is 51.4 Å². The Morgan fingerprint density at radius 1 is 0.478 bits per heavy atom. The van der Waals surface area contributed by atoms with Gasteiger partial charge in [0.05, 0.1) is 33.4 Å². The fraction of sp³-hybridized carbons (Fsp3) is 0.263. The number of carbonyl (C=O) groups excluding carboxylic acids is 2. The summed E-state index contributed by atoms with van der Waals surface area (Å²) >= 11 is 3.79. The van der Waals surface area contributed by atoms with Crippen molar-refractivity contribution in [2.24, 2.45) is 0 Å². The Morgan fingerprint density at radius 3 is 1.39 bits per heavy atom. The molecule has 6 aromatic rings. The number of aromatic nitrogens is 2. The van der Waals surface area contributed by atoms with E-state index in [1.54, 1.807) is 0 Å². The van der Waals surface area contributed by atoms with E-state index in [1.165, 1.54) is 22.6 Å². The van der Waals surface area contributed by atoms with E-state index in [2.05, 4.69) is 47.0 Å². The summed E-state index contributed by atoms with van der Waals surface area (Å²) in [6.45, 7) is 0. The number of pyridine rings is 2. The van der Waals surface area contributed by atoms with Crippen LogP contribution in [0, 0.1) is 0 Å². The maximum absolute atomic E-state index is 13.0. The van der Waals surface area contributed by atoms with Crippen LogP contribution in [0.15, 0.2) is 94.7 Å². The minimum Gasteiger partial charge on any atom is -0.324 e.